The number of carboxylic acid groups (broad SMARTS) is 1. The maximum Gasteiger partial charge on any atom is 0.341 e. The van der Waals surface area contributed by atoms with E-state index < -0.39 is 5.97 Å². The van der Waals surface area contributed by atoms with Gasteiger partial charge in [0.15, 0.2) is 0 Å². The first-order valence-electron chi connectivity index (χ1n) is 6.41. The zero-order chi connectivity index (χ0) is 14.3. The number of aromatic nitrogens is 2. The SMILES string of the molecule is Cc1ccc(C2=CCNc3c(C(=O)O)cnn32)cc1C. The average molecular weight is 269 g/mol. The fourth-order valence-electron chi connectivity index (χ4n) is 2.33. The topological polar surface area (TPSA) is 67.2 Å². The molecule has 0 spiro atoms. The molecule has 0 aliphatic carbocycles. The van der Waals surface area contributed by atoms with Gasteiger partial charge in [0.1, 0.15) is 11.4 Å². The van der Waals surface area contributed by atoms with Gasteiger partial charge < -0.3 is 10.4 Å². The van der Waals surface area contributed by atoms with Crippen molar-refractivity contribution in [2.45, 2.75) is 13.8 Å². The van der Waals surface area contributed by atoms with E-state index in [1.54, 1.807) is 4.68 Å². The van der Waals surface area contributed by atoms with Crippen LogP contribution in [0, 0.1) is 13.8 Å². The van der Waals surface area contributed by atoms with E-state index in [-0.39, 0.29) is 5.56 Å². The second kappa shape index (κ2) is 4.52. The lowest BCUT2D eigenvalue weighted by Crippen LogP contribution is -2.17. The van der Waals surface area contributed by atoms with Crippen LogP contribution in [0.15, 0.2) is 30.5 Å². The Morgan fingerprint density at radius 1 is 1.35 bits per heavy atom. The number of carbonyl (C=O) groups is 1. The van der Waals surface area contributed by atoms with Gasteiger partial charge in [-0.25, -0.2) is 9.48 Å². The second-order valence-electron chi connectivity index (χ2n) is 4.89. The van der Waals surface area contributed by atoms with Crippen molar-refractivity contribution in [3.05, 3.63) is 52.7 Å². The number of aryl methyl sites for hydroxylation is 2. The predicted octanol–water partition coefficient (Wildman–Crippen LogP) is 2.51. The van der Waals surface area contributed by atoms with Crippen LogP contribution < -0.4 is 5.32 Å². The summed E-state index contributed by atoms with van der Waals surface area (Å²) in [5, 5.41) is 16.4. The first-order valence-corrected chi connectivity index (χ1v) is 6.41. The number of nitrogens with zero attached hydrogens (tertiary/aromatic N) is 2. The van der Waals surface area contributed by atoms with Crippen LogP contribution >= 0.6 is 0 Å². The van der Waals surface area contributed by atoms with Crippen LogP contribution in [0.3, 0.4) is 0 Å². The molecule has 1 aromatic heterocycles. The Balaban J connectivity index is 2.11. The number of anilines is 1. The van der Waals surface area contributed by atoms with E-state index in [4.69, 9.17) is 5.11 Å². The van der Waals surface area contributed by atoms with E-state index in [9.17, 15) is 4.79 Å². The summed E-state index contributed by atoms with van der Waals surface area (Å²) in [6, 6.07) is 6.19. The molecular weight excluding hydrogens is 254 g/mol. The third-order valence-corrected chi connectivity index (χ3v) is 3.60. The number of rotatable bonds is 2. The smallest absolute Gasteiger partial charge is 0.341 e. The van der Waals surface area contributed by atoms with Crippen molar-refractivity contribution in [3.8, 4) is 0 Å². The number of aromatic carboxylic acids is 1. The Morgan fingerprint density at radius 2 is 2.15 bits per heavy atom. The molecule has 0 unspecified atom stereocenters. The van der Waals surface area contributed by atoms with Gasteiger partial charge in [-0.3, -0.25) is 0 Å². The molecule has 0 radical (unpaired) electrons. The summed E-state index contributed by atoms with van der Waals surface area (Å²) in [6.07, 6.45) is 3.39. The Kier molecular flexibility index (Phi) is 2.82. The molecular formula is C15H15N3O2. The number of carboxylic acids is 1. The average Bonchev–Trinajstić information content (AvgIpc) is 2.86. The van der Waals surface area contributed by atoms with E-state index in [1.165, 1.54) is 17.3 Å². The van der Waals surface area contributed by atoms with E-state index in [0.29, 0.717) is 12.4 Å². The first-order chi connectivity index (χ1) is 9.58. The molecule has 1 aliphatic rings. The van der Waals surface area contributed by atoms with Crippen molar-refractivity contribution in [2.75, 3.05) is 11.9 Å². The molecule has 2 N–H and O–H groups in total. The van der Waals surface area contributed by atoms with Crippen molar-refractivity contribution >= 4 is 17.5 Å². The quantitative estimate of drug-likeness (QED) is 0.879. The summed E-state index contributed by atoms with van der Waals surface area (Å²) >= 11 is 0. The maximum atomic E-state index is 11.2. The van der Waals surface area contributed by atoms with Gasteiger partial charge in [-0.05, 0) is 37.1 Å². The molecule has 0 saturated heterocycles. The second-order valence-corrected chi connectivity index (χ2v) is 4.89. The maximum absolute atomic E-state index is 11.2. The highest BCUT2D eigenvalue weighted by atomic mass is 16.4. The van der Waals surface area contributed by atoms with Crippen molar-refractivity contribution in [1.82, 2.24) is 9.78 Å². The summed E-state index contributed by atoms with van der Waals surface area (Å²) in [5.74, 6) is -0.437. The van der Waals surface area contributed by atoms with Gasteiger partial charge >= 0.3 is 5.97 Å². The Labute approximate surface area is 116 Å². The van der Waals surface area contributed by atoms with Crippen molar-refractivity contribution in [2.24, 2.45) is 0 Å². The first kappa shape index (κ1) is 12.5. The van der Waals surface area contributed by atoms with Crippen molar-refractivity contribution < 1.29 is 9.90 Å². The lowest BCUT2D eigenvalue weighted by Gasteiger charge is -2.19. The molecule has 0 amide bonds. The van der Waals surface area contributed by atoms with Gasteiger partial charge in [0.2, 0.25) is 0 Å². The van der Waals surface area contributed by atoms with Gasteiger partial charge in [-0.1, -0.05) is 12.1 Å². The normalized spacial score (nSPS) is 13.4. The van der Waals surface area contributed by atoms with Crippen LogP contribution in [-0.2, 0) is 0 Å². The Morgan fingerprint density at radius 3 is 2.85 bits per heavy atom. The number of hydrogen-bond donors (Lipinski definition) is 2. The number of fused-ring (bicyclic) bond motifs is 1. The molecule has 2 heterocycles. The van der Waals surface area contributed by atoms with Gasteiger partial charge in [0.05, 0.1) is 11.9 Å². The predicted molar refractivity (Wildman–Crippen MR) is 77.0 cm³/mol. The molecule has 0 fully saturated rings. The fourth-order valence-corrected chi connectivity index (χ4v) is 2.33. The van der Waals surface area contributed by atoms with E-state index in [0.717, 1.165) is 11.3 Å². The lowest BCUT2D eigenvalue weighted by atomic mass is 10.0. The van der Waals surface area contributed by atoms with Crippen molar-refractivity contribution in [1.29, 1.82) is 0 Å². The van der Waals surface area contributed by atoms with Crippen LogP contribution in [0.4, 0.5) is 5.82 Å². The molecule has 0 bridgehead atoms. The molecule has 0 saturated carbocycles. The van der Waals surface area contributed by atoms with E-state index in [1.807, 2.05) is 12.1 Å². The molecule has 5 heteroatoms. The number of benzene rings is 1. The fraction of sp³-hybridized carbons (Fsp3) is 0.200. The van der Waals surface area contributed by atoms with Crippen LogP contribution in [0.25, 0.3) is 5.70 Å². The van der Waals surface area contributed by atoms with Crippen LogP contribution in [0.5, 0.6) is 0 Å². The van der Waals surface area contributed by atoms with Gasteiger partial charge in [-0.2, -0.15) is 5.10 Å². The molecule has 1 aromatic carbocycles. The minimum atomic E-state index is -0.972. The highest BCUT2D eigenvalue weighted by Crippen LogP contribution is 2.28. The van der Waals surface area contributed by atoms with E-state index >= 15 is 0 Å². The minimum absolute atomic E-state index is 0.194. The summed E-state index contributed by atoms with van der Waals surface area (Å²) in [6.45, 7) is 4.72. The van der Waals surface area contributed by atoms with Gasteiger partial charge in [0.25, 0.3) is 0 Å². The highest BCUT2D eigenvalue weighted by Gasteiger charge is 2.21. The van der Waals surface area contributed by atoms with Gasteiger partial charge in [-0.15, -0.1) is 0 Å². The molecule has 5 nitrogen and oxygen atoms in total. The largest absolute Gasteiger partial charge is 0.477 e. The van der Waals surface area contributed by atoms with E-state index in [2.05, 4.69) is 36.4 Å². The summed E-state index contributed by atoms with van der Waals surface area (Å²) in [4.78, 5) is 11.2. The molecule has 20 heavy (non-hydrogen) atoms. The number of hydrogen-bond acceptors (Lipinski definition) is 3. The minimum Gasteiger partial charge on any atom is -0.477 e. The third-order valence-electron chi connectivity index (χ3n) is 3.60. The van der Waals surface area contributed by atoms with Gasteiger partial charge in [0, 0.05) is 12.1 Å². The molecule has 0 atom stereocenters. The molecule has 102 valence electrons. The zero-order valence-electron chi connectivity index (χ0n) is 11.3. The summed E-state index contributed by atoms with van der Waals surface area (Å²) in [5.41, 5.74) is 4.58. The summed E-state index contributed by atoms with van der Waals surface area (Å²) in [7, 11) is 0. The Bertz CT molecular complexity index is 729. The Hall–Kier alpha value is -2.56. The summed E-state index contributed by atoms with van der Waals surface area (Å²) < 4.78 is 1.65. The standard InChI is InChI=1S/C15H15N3O2/c1-9-3-4-11(7-10(9)2)13-5-6-16-14-12(15(19)20)8-17-18(13)14/h3-5,7-8,16H,6H2,1-2H3,(H,19,20). The number of nitrogens with one attached hydrogen (secondary N) is 1. The molecule has 3 rings (SSSR count). The third kappa shape index (κ3) is 1.87. The monoisotopic (exact) mass is 269 g/mol. The van der Waals surface area contributed by atoms with Crippen molar-refractivity contribution in [3.63, 3.8) is 0 Å². The van der Waals surface area contributed by atoms with Crippen LogP contribution in [0.1, 0.15) is 27.0 Å². The highest BCUT2D eigenvalue weighted by molar-refractivity contribution is 5.94. The molecule has 1 aliphatic heterocycles. The van der Waals surface area contributed by atoms with Crippen LogP contribution in [-0.4, -0.2) is 27.4 Å². The van der Waals surface area contributed by atoms with Crippen LogP contribution in [0.2, 0.25) is 0 Å². The zero-order valence-corrected chi connectivity index (χ0v) is 11.3. The lowest BCUT2D eigenvalue weighted by molar-refractivity contribution is 0.0698. The molecule has 2 aromatic rings.